The van der Waals surface area contributed by atoms with Gasteiger partial charge in [-0.1, -0.05) is 0 Å². The van der Waals surface area contributed by atoms with E-state index in [1.165, 1.54) is 0 Å². The summed E-state index contributed by atoms with van der Waals surface area (Å²) in [6.07, 6.45) is 2.45. The van der Waals surface area contributed by atoms with E-state index in [2.05, 4.69) is 5.43 Å². The second-order valence-corrected chi connectivity index (χ2v) is 3.73. The van der Waals surface area contributed by atoms with Gasteiger partial charge >= 0.3 is 0 Å². The van der Waals surface area contributed by atoms with Gasteiger partial charge in [-0.25, -0.2) is 10.2 Å². The first-order chi connectivity index (χ1) is 6.22. The summed E-state index contributed by atoms with van der Waals surface area (Å²) in [4.78, 5) is 0. The Kier molecular flexibility index (Phi) is 4.38. The van der Waals surface area contributed by atoms with Crippen LogP contribution in [-0.4, -0.2) is 18.0 Å². The van der Waals surface area contributed by atoms with Crippen LogP contribution in [0.25, 0.3) is 0 Å². The Bertz CT molecular complexity index is 172. The normalized spacial score (nSPS) is 28.2. The monoisotopic (exact) mass is 206 g/mol. The van der Waals surface area contributed by atoms with Crippen molar-refractivity contribution < 1.29 is 9.13 Å². The van der Waals surface area contributed by atoms with Gasteiger partial charge in [-0.3, -0.25) is 5.43 Å². The number of thiocarbonyl (C=S) groups is 1. The molecule has 13 heavy (non-hydrogen) atoms. The molecule has 0 aromatic carbocycles. The first kappa shape index (κ1) is 10.7. The second kappa shape index (κ2) is 5.34. The first-order valence-corrected chi connectivity index (χ1v) is 4.90. The molecule has 3 nitrogen and oxygen atoms in total. The van der Waals surface area contributed by atoms with Crippen molar-refractivity contribution in [3.63, 3.8) is 0 Å². The van der Waals surface area contributed by atoms with Crippen LogP contribution < -0.4 is 11.3 Å². The molecule has 0 spiro atoms. The molecule has 1 saturated carbocycles. The van der Waals surface area contributed by atoms with E-state index in [9.17, 15) is 4.39 Å². The molecule has 0 amide bonds. The van der Waals surface area contributed by atoms with Crippen molar-refractivity contribution in [2.24, 2.45) is 11.8 Å². The predicted molar refractivity (Wildman–Crippen MR) is 52.7 cm³/mol. The van der Waals surface area contributed by atoms with Crippen LogP contribution in [0.3, 0.4) is 0 Å². The van der Waals surface area contributed by atoms with Crippen molar-refractivity contribution in [3.05, 3.63) is 0 Å². The third kappa shape index (κ3) is 3.87. The highest BCUT2D eigenvalue weighted by Gasteiger charge is 2.20. The highest BCUT2D eigenvalue weighted by atomic mass is 32.1. The molecule has 5 heteroatoms. The van der Waals surface area contributed by atoms with E-state index >= 15 is 0 Å². The van der Waals surface area contributed by atoms with E-state index in [4.69, 9.17) is 22.8 Å². The maximum Gasteiger partial charge on any atom is 0.271 e. The van der Waals surface area contributed by atoms with E-state index < -0.39 is 6.17 Å². The molecule has 0 heterocycles. The lowest BCUT2D eigenvalue weighted by molar-refractivity contribution is 0.151. The summed E-state index contributed by atoms with van der Waals surface area (Å²) < 4.78 is 17.9. The molecule has 0 saturated heterocycles. The third-order valence-electron chi connectivity index (χ3n) is 2.34. The number of hydrogen-bond donors (Lipinski definition) is 2. The van der Waals surface area contributed by atoms with Crippen molar-refractivity contribution in [1.82, 2.24) is 5.43 Å². The number of ether oxygens (including phenoxy) is 1. The Labute approximate surface area is 82.8 Å². The molecule has 0 aromatic heterocycles. The van der Waals surface area contributed by atoms with Gasteiger partial charge in [-0.05, 0) is 43.8 Å². The van der Waals surface area contributed by atoms with Crippen LogP contribution in [0.4, 0.5) is 4.39 Å². The zero-order valence-corrected chi connectivity index (χ0v) is 8.28. The molecule has 1 fully saturated rings. The summed E-state index contributed by atoms with van der Waals surface area (Å²) in [6, 6.07) is 0. The van der Waals surface area contributed by atoms with Crippen LogP contribution in [-0.2, 0) is 4.74 Å². The van der Waals surface area contributed by atoms with Crippen molar-refractivity contribution in [1.29, 1.82) is 0 Å². The van der Waals surface area contributed by atoms with Gasteiger partial charge in [-0.2, -0.15) is 0 Å². The molecular formula is C8H15FN2OS. The topological polar surface area (TPSA) is 47.3 Å². The summed E-state index contributed by atoms with van der Waals surface area (Å²) in [7, 11) is 0. The molecule has 0 aliphatic heterocycles. The molecule has 0 radical (unpaired) electrons. The minimum absolute atomic E-state index is 0.211. The fraction of sp³-hybridized carbons (Fsp3) is 0.875. The minimum atomic E-state index is -0.615. The summed E-state index contributed by atoms with van der Waals surface area (Å²) >= 11 is 4.71. The highest BCUT2D eigenvalue weighted by molar-refractivity contribution is 7.80. The molecule has 1 aliphatic carbocycles. The van der Waals surface area contributed by atoms with Crippen LogP contribution in [0.2, 0.25) is 0 Å². The molecule has 0 aromatic rings. The Hall–Kier alpha value is -0.420. The Morgan fingerprint density at radius 1 is 1.46 bits per heavy atom. The maximum atomic E-state index is 12.7. The average molecular weight is 206 g/mol. The molecule has 3 N–H and O–H groups in total. The first-order valence-electron chi connectivity index (χ1n) is 4.50. The SMILES string of the molecule is NNC(=S)OCC1CCC(F)CC1. The number of hydrogen-bond acceptors (Lipinski definition) is 3. The number of nitrogens with one attached hydrogen (secondary N) is 1. The van der Waals surface area contributed by atoms with Crippen LogP contribution in [0.1, 0.15) is 25.7 Å². The van der Waals surface area contributed by atoms with Crippen molar-refractivity contribution in [3.8, 4) is 0 Å². The van der Waals surface area contributed by atoms with E-state index in [-0.39, 0.29) is 5.17 Å². The van der Waals surface area contributed by atoms with Crippen LogP contribution in [0, 0.1) is 5.92 Å². The van der Waals surface area contributed by atoms with E-state index in [0.717, 1.165) is 12.8 Å². The third-order valence-corrected chi connectivity index (χ3v) is 2.58. The predicted octanol–water partition coefficient (Wildman–Crippen LogP) is 1.28. The number of alkyl halides is 1. The fourth-order valence-corrected chi connectivity index (χ4v) is 1.59. The second-order valence-electron chi connectivity index (χ2n) is 3.36. The number of halogens is 1. The van der Waals surface area contributed by atoms with Gasteiger partial charge in [0.1, 0.15) is 6.17 Å². The molecule has 0 unspecified atom stereocenters. The van der Waals surface area contributed by atoms with Crippen LogP contribution in [0.15, 0.2) is 0 Å². The lowest BCUT2D eigenvalue weighted by atomic mass is 9.89. The maximum absolute atomic E-state index is 12.7. The summed E-state index contributed by atoms with van der Waals surface area (Å²) in [5.41, 5.74) is 2.25. The van der Waals surface area contributed by atoms with Crippen LogP contribution in [0.5, 0.6) is 0 Å². The molecule has 0 atom stereocenters. The van der Waals surface area contributed by atoms with Gasteiger partial charge in [-0.15, -0.1) is 0 Å². The number of hydrazine groups is 1. The summed E-state index contributed by atoms with van der Waals surface area (Å²) in [6.45, 7) is 0.551. The van der Waals surface area contributed by atoms with Gasteiger partial charge in [0.05, 0.1) is 6.61 Å². The highest BCUT2D eigenvalue weighted by Crippen LogP contribution is 2.26. The van der Waals surface area contributed by atoms with E-state index in [1.54, 1.807) is 0 Å². The standard InChI is InChI=1S/C8H15FN2OS/c9-7-3-1-6(2-4-7)5-12-8(13)11-10/h6-7H,1-5,10H2,(H,11,13). The molecular weight excluding hydrogens is 191 g/mol. The van der Waals surface area contributed by atoms with Gasteiger partial charge in [0, 0.05) is 0 Å². The quantitative estimate of drug-likeness (QED) is 0.406. The zero-order chi connectivity index (χ0) is 9.68. The molecule has 1 rings (SSSR count). The van der Waals surface area contributed by atoms with Gasteiger partial charge < -0.3 is 4.74 Å². The van der Waals surface area contributed by atoms with Gasteiger partial charge in [0.15, 0.2) is 0 Å². The van der Waals surface area contributed by atoms with Crippen LogP contribution >= 0.6 is 12.2 Å². The van der Waals surface area contributed by atoms with E-state index in [0.29, 0.717) is 25.4 Å². The number of nitrogens with two attached hydrogens (primary N) is 1. The minimum Gasteiger partial charge on any atom is -0.470 e. The molecule has 1 aliphatic rings. The van der Waals surface area contributed by atoms with Crippen molar-refractivity contribution in [2.45, 2.75) is 31.9 Å². The largest absolute Gasteiger partial charge is 0.470 e. The summed E-state index contributed by atoms with van der Waals surface area (Å²) in [5, 5.41) is 0.211. The van der Waals surface area contributed by atoms with Crippen molar-refractivity contribution in [2.75, 3.05) is 6.61 Å². The van der Waals surface area contributed by atoms with E-state index in [1.807, 2.05) is 0 Å². The molecule has 76 valence electrons. The Morgan fingerprint density at radius 3 is 2.62 bits per heavy atom. The molecule has 0 bridgehead atoms. The summed E-state index contributed by atoms with van der Waals surface area (Å²) in [5.74, 6) is 5.46. The fourth-order valence-electron chi connectivity index (χ4n) is 1.52. The lowest BCUT2D eigenvalue weighted by Crippen LogP contribution is -2.32. The lowest BCUT2D eigenvalue weighted by Gasteiger charge is -2.23. The number of rotatable bonds is 2. The Morgan fingerprint density at radius 2 is 2.08 bits per heavy atom. The van der Waals surface area contributed by atoms with Crippen molar-refractivity contribution >= 4 is 17.4 Å². The zero-order valence-electron chi connectivity index (χ0n) is 7.46. The van der Waals surface area contributed by atoms with Gasteiger partial charge in [0.2, 0.25) is 0 Å². The smallest absolute Gasteiger partial charge is 0.271 e. The Balaban J connectivity index is 2.12. The van der Waals surface area contributed by atoms with Gasteiger partial charge in [0.25, 0.3) is 5.17 Å². The average Bonchev–Trinajstić information content (AvgIpc) is 2.16.